The number of aryl methyl sites for hydroxylation is 1. The average molecular weight is 330 g/mol. The molecule has 1 N–H and O–H groups in total. The summed E-state index contributed by atoms with van der Waals surface area (Å²) in [4.78, 5) is 11.9. The second kappa shape index (κ2) is 7.06. The smallest absolute Gasteiger partial charge is 0.248 e. The van der Waals surface area contributed by atoms with E-state index in [9.17, 15) is 4.79 Å². The fourth-order valence-corrected chi connectivity index (χ4v) is 2.32. The lowest BCUT2D eigenvalue weighted by atomic mass is 10.1. The van der Waals surface area contributed by atoms with Crippen molar-refractivity contribution in [2.45, 2.75) is 13.3 Å². The molecular formula is C17H16BrNO. The molecule has 2 nitrogen and oxygen atoms in total. The van der Waals surface area contributed by atoms with Crippen molar-refractivity contribution in [3.63, 3.8) is 0 Å². The molecule has 0 radical (unpaired) electrons. The summed E-state index contributed by atoms with van der Waals surface area (Å²) < 4.78 is 0.997. The van der Waals surface area contributed by atoms with Gasteiger partial charge in [-0.05, 0) is 41.8 Å². The summed E-state index contributed by atoms with van der Waals surface area (Å²) in [5, 5.41) is 2.91. The molecule has 0 spiro atoms. The molecule has 0 aromatic heterocycles. The average Bonchev–Trinajstić information content (AvgIpc) is 2.46. The molecule has 102 valence electrons. The van der Waals surface area contributed by atoms with Gasteiger partial charge in [0.1, 0.15) is 0 Å². The number of amides is 1. The maximum Gasteiger partial charge on any atom is 0.248 e. The fraction of sp³-hybridized carbons (Fsp3) is 0.118. The number of hydrogen-bond donors (Lipinski definition) is 1. The van der Waals surface area contributed by atoms with E-state index in [1.165, 1.54) is 0 Å². The highest BCUT2D eigenvalue weighted by Gasteiger charge is 2.02. The van der Waals surface area contributed by atoms with Crippen LogP contribution in [0.3, 0.4) is 0 Å². The van der Waals surface area contributed by atoms with Crippen LogP contribution in [0.15, 0.2) is 59.1 Å². The SMILES string of the molecule is CCc1ccccc1NC(=O)/C=C/c1cccc(Br)c1. The molecule has 1 amide bonds. The molecule has 2 rings (SSSR count). The topological polar surface area (TPSA) is 29.1 Å². The van der Waals surface area contributed by atoms with Crippen LogP contribution in [0.5, 0.6) is 0 Å². The molecule has 0 aliphatic carbocycles. The lowest BCUT2D eigenvalue weighted by Crippen LogP contribution is -2.09. The van der Waals surface area contributed by atoms with Crippen molar-refractivity contribution in [3.05, 3.63) is 70.2 Å². The Hall–Kier alpha value is -1.87. The Bertz CT molecular complexity index is 634. The summed E-state index contributed by atoms with van der Waals surface area (Å²) in [6.07, 6.45) is 4.24. The van der Waals surface area contributed by atoms with Crippen LogP contribution in [0.4, 0.5) is 5.69 Å². The standard InChI is InChI=1S/C17H16BrNO/c1-2-14-7-3-4-9-16(14)19-17(20)11-10-13-6-5-8-15(18)12-13/h3-12H,2H2,1H3,(H,19,20)/b11-10+. The molecule has 0 aliphatic rings. The molecule has 0 unspecified atom stereocenters. The number of rotatable bonds is 4. The number of carbonyl (C=O) groups is 1. The molecule has 0 saturated heterocycles. The van der Waals surface area contributed by atoms with Crippen LogP contribution in [0.1, 0.15) is 18.1 Å². The van der Waals surface area contributed by atoms with E-state index in [4.69, 9.17) is 0 Å². The molecule has 0 atom stereocenters. The minimum Gasteiger partial charge on any atom is -0.322 e. The first-order valence-corrected chi connectivity index (χ1v) is 7.31. The Balaban J connectivity index is 2.06. The van der Waals surface area contributed by atoms with Gasteiger partial charge in [0.2, 0.25) is 5.91 Å². The van der Waals surface area contributed by atoms with Crippen molar-refractivity contribution >= 4 is 33.6 Å². The van der Waals surface area contributed by atoms with Crippen molar-refractivity contribution in [1.82, 2.24) is 0 Å². The fourth-order valence-electron chi connectivity index (χ4n) is 1.91. The third-order valence-corrected chi connectivity index (χ3v) is 3.43. The molecule has 2 aromatic carbocycles. The van der Waals surface area contributed by atoms with Crippen LogP contribution in [-0.2, 0) is 11.2 Å². The highest BCUT2D eigenvalue weighted by atomic mass is 79.9. The molecule has 2 aromatic rings. The van der Waals surface area contributed by atoms with Gasteiger partial charge in [-0.25, -0.2) is 0 Å². The van der Waals surface area contributed by atoms with E-state index >= 15 is 0 Å². The number of nitrogens with one attached hydrogen (secondary N) is 1. The van der Waals surface area contributed by atoms with Gasteiger partial charge < -0.3 is 5.32 Å². The lowest BCUT2D eigenvalue weighted by Gasteiger charge is -2.07. The number of hydrogen-bond acceptors (Lipinski definition) is 1. The number of halogens is 1. The molecule has 0 bridgehead atoms. The first-order valence-electron chi connectivity index (χ1n) is 6.51. The maximum atomic E-state index is 11.9. The van der Waals surface area contributed by atoms with E-state index in [0.717, 1.165) is 27.7 Å². The summed E-state index contributed by atoms with van der Waals surface area (Å²) >= 11 is 3.41. The number of anilines is 1. The molecule has 0 fully saturated rings. The normalized spacial score (nSPS) is 10.7. The molecule has 0 saturated carbocycles. The van der Waals surface area contributed by atoms with Gasteiger partial charge in [0.25, 0.3) is 0 Å². The second-order valence-corrected chi connectivity index (χ2v) is 5.30. The minimum atomic E-state index is -0.120. The minimum absolute atomic E-state index is 0.120. The van der Waals surface area contributed by atoms with E-state index in [-0.39, 0.29) is 5.91 Å². The van der Waals surface area contributed by atoms with Gasteiger partial charge in [0.15, 0.2) is 0 Å². The van der Waals surface area contributed by atoms with Crippen LogP contribution in [0.25, 0.3) is 6.08 Å². The zero-order valence-corrected chi connectivity index (χ0v) is 12.9. The molecule has 3 heteroatoms. The molecule has 0 aliphatic heterocycles. The van der Waals surface area contributed by atoms with Gasteiger partial charge in [-0.15, -0.1) is 0 Å². The van der Waals surface area contributed by atoms with Crippen molar-refractivity contribution in [1.29, 1.82) is 0 Å². The predicted molar refractivity (Wildman–Crippen MR) is 87.6 cm³/mol. The Morgan fingerprint density at radius 1 is 1.20 bits per heavy atom. The third-order valence-electron chi connectivity index (χ3n) is 2.93. The zero-order valence-electron chi connectivity index (χ0n) is 11.3. The summed E-state index contributed by atoms with van der Waals surface area (Å²) in [6.45, 7) is 2.07. The van der Waals surface area contributed by atoms with Crippen LogP contribution in [0.2, 0.25) is 0 Å². The molecule has 20 heavy (non-hydrogen) atoms. The monoisotopic (exact) mass is 329 g/mol. The summed E-state index contributed by atoms with van der Waals surface area (Å²) in [5.74, 6) is -0.120. The third kappa shape index (κ3) is 4.07. The zero-order chi connectivity index (χ0) is 14.4. The largest absolute Gasteiger partial charge is 0.322 e. The lowest BCUT2D eigenvalue weighted by molar-refractivity contribution is -0.111. The van der Waals surface area contributed by atoms with Crippen molar-refractivity contribution < 1.29 is 4.79 Å². The van der Waals surface area contributed by atoms with Crippen molar-refractivity contribution in [2.24, 2.45) is 0 Å². The molecule has 0 heterocycles. The second-order valence-electron chi connectivity index (χ2n) is 4.39. The first-order chi connectivity index (χ1) is 9.69. The Kier molecular flexibility index (Phi) is 5.13. The van der Waals surface area contributed by atoms with Gasteiger partial charge in [0, 0.05) is 16.2 Å². The highest BCUT2D eigenvalue weighted by Crippen LogP contribution is 2.16. The van der Waals surface area contributed by atoms with E-state index in [0.29, 0.717) is 0 Å². The molecular weight excluding hydrogens is 314 g/mol. The van der Waals surface area contributed by atoms with Gasteiger partial charge in [-0.1, -0.05) is 53.2 Å². The number of para-hydroxylation sites is 1. The van der Waals surface area contributed by atoms with E-state index in [2.05, 4.69) is 28.2 Å². The van der Waals surface area contributed by atoms with Crippen LogP contribution >= 0.6 is 15.9 Å². The van der Waals surface area contributed by atoms with Gasteiger partial charge in [-0.3, -0.25) is 4.79 Å². The Morgan fingerprint density at radius 2 is 2.00 bits per heavy atom. The predicted octanol–water partition coefficient (Wildman–Crippen LogP) is 4.66. The van der Waals surface area contributed by atoms with Crippen LogP contribution in [0, 0.1) is 0 Å². The summed E-state index contributed by atoms with van der Waals surface area (Å²) in [5.41, 5.74) is 2.99. The number of benzene rings is 2. The van der Waals surface area contributed by atoms with Crippen molar-refractivity contribution in [3.8, 4) is 0 Å². The van der Waals surface area contributed by atoms with Crippen LogP contribution in [-0.4, -0.2) is 5.91 Å². The van der Waals surface area contributed by atoms with Gasteiger partial charge in [-0.2, -0.15) is 0 Å². The van der Waals surface area contributed by atoms with E-state index in [1.807, 2.05) is 48.5 Å². The number of carbonyl (C=O) groups excluding carboxylic acids is 1. The van der Waals surface area contributed by atoms with E-state index < -0.39 is 0 Å². The van der Waals surface area contributed by atoms with E-state index in [1.54, 1.807) is 12.2 Å². The quantitative estimate of drug-likeness (QED) is 0.812. The maximum absolute atomic E-state index is 11.9. The Morgan fingerprint density at radius 3 is 2.75 bits per heavy atom. The Labute approximate surface area is 127 Å². The van der Waals surface area contributed by atoms with Crippen LogP contribution < -0.4 is 5.32 Å². The summed E-state index contributed by atoms with van der Waals surface area (Å²) in [6, 6.07) is 15.6. The van der Waals surface area contributed by atoms with Crippen molar-refractivity contribution in [2.75, 3.05) is 5.32 Å². The summed E-state index contributed by atoms with van der Waals surface area (Å²) in [7, 11) is 0. The van der Waals surface area contributed by atoms with Gasteiger partial charge in [0.05, 0.1) is 0 Å². The van der Waals surface area contributed by atoms with Gasteiger partial charge >= 0.3 is 0 Å². The first kappa shape index (κ1) is 14.5. The highest BCUT2D eigenvalue weighted by molar-refractivity contribution is 9.10.